The number of carbonyl (C=O) groups is 1. The molecule has 0 aliphatic carbocycles. The summed E-state index contributed by atoms with van der Waals surface area (Å²) in [6, 6.07) is 14.3. The van der Waals surface area contributed by atoms with Crippen LogP contribution in [0.1, 0.15) is 12.0 Å². The summed E-state index contributed by atoms with van der Waals surface area (Å²) < 4.78 is 47.2. The maximum Gasteiger partial charge on any atom is 0.319 e. The molecule has 7 nitrogen and oxygen atoms in total. The minimum Gasteiger partial charge on any atom is -0.338 e. The minimum atomic E-state index is -3.36. The fourth-order valence-corrected chi connectivity index (χ4v) is 4.47. The van der Waals surface area contributed by atoms with E-state index in [1.165, 1.54) is 18.2 Å². The van der Waals surface area contributed by atoms with Crippen LogP contribution in [-0.4, -0.2) is 41.4 Å². The van der Waals surface area contributed by atoms with Crippen LogP contribution in [0.15, 0.2) is 59.5 Å². The molecule has 0 saturated carbocycles. The molecule has 2 aromatic rings. The van der Waals surface area contributed by atoms with Gasteiger partial charge in [-0.3, -0.25) is 0 Å². The number of urea groups is 1. The van der Waals surface area contributed by atoms with Crippen LogP contribution >= 0.6 is 0 Å². The predicted molar refractivity (Wildman–Crippen MR) is 105 cm³/mol. The van der Waals surface area contributed by atoms with E-state index in [0.29, 0.717) is 5.69 Å². The lowest BCUT2D eigenvalue weighted by Crippen LogP contribution is -2.30. The number of amides is 2. The number of hydrogen-bond donors (Lipinski definition) is 2. The van der Waals surface area contributed by atoms with Crippen molar-refractivity contribution in [3.63, 3.8) is 0 Å². The van der Waals surface area contributed by atoms with Crippen LogP contribution in [0.4, 0.5) is 10.5 Å². The van der Waals surface area contributed by atoms with Crippen molar-refractivity contribution in [3.8, 4) is 0 Å². The van der Waals surface area contributed by atoms with Gasteiger partial charge < -0.3 is 10.6 Å². The summed E-state index contributed by atoms with van der Waals surface area (Å²) in [5.74, 6) is -0.0654. The molecule has 0 fully saturated rings. The van der Waals surface area contributed by atoms with Crippen LogP contribution in [0.2, 0.25) is 0 Å². The Labute approximate surface area is 159 Å². The Morgan fingerprint density at radius 1 is 0.963 bits per heavy atom. The van der Waals surface area contributed by atoms with Gasteiger partial charge in [0, 0.05) is 18.5 Å². The van der Waals surface area contributed by atoms with Crippen LogP contribution in [-0.2, 0) is 25.4 Å². The van der Waals surface area contributed by atoms with Gasteiger partial charge in [0.1, 0.15) is 0 Å². The van der Waals surface area contributed by atoms with Crippen LogP contribution in [0.5, 0.6) is 0 Å². The van der Waals surface area contributed by atoms with Crippen molar-refractivity contribution in [2.45, 2.75) is 17.1 Å². The van der Waals surface area contributed by atoms with E-state index in [9.17, 15) is 21.6 Å². The fourth-order valence-electron chi connectivity index (χ4n) is 2.37. The van der Waals surface area contributed by atoms with Crippen molar-refractivity contribution in [2.75, 3.05) is 23.9 Å². The third-order valence-corrected chi connectivity index (χ3v) is 6.46. The van der Waals surface area contributed by atoms with Crippen molar-refractivity contribution >= 4 is 31.4 Å². The first-order valence-electron chi connectivity index (χ1n) is 8.25. The average molecular weight is 411 g/mol. The molecule has 2 aromatic carbocycles. The molecule has 0 unspecified atom stereocenters. The molecule has 2 N–H and O–H groups in total. The maximum absolute atomic E-state index is 12.1. The summed E-state index contributed by atoms with van der Waals surface area (Å²) in [5.41, 5.74) is 1.07. The topological polar surface area (TPSA) is 109 Å². The van der Waals surface area contributed by atoms with Crippen molar-refractivity contribution in [2.24, 2.45) is 0 Å². The lowest BCUT2D eigenvalue weighted by molar-refractivity contribution is 0.252. The third kappa shape index (κ3) is 7.40. The van der Waals surface area contributed by atoms with E-state index in [-0.39, 0.29) is 29.4 Å². The highest BCUT2D eigenvalue weighted by molar-refractivity contribution is 7.90. The molecule has 0 saturated heterocycles. The molecule has 0 atom stereocenters. The molecule has 27 heavy (non-hydrogen) atoms. The Balaban J connectivity index is 1.78. The van der Waals surface area contributed by atoms with E-state index in [2.05, 4.69) is 10.6 Å². The van der Waals surface area contributed by atoms with Crippen LogP contribution < -0.4 is 10.6 Å². The van der Waals surface area contributed by atoms with E-state index in [1.54, 1.807) is 30.3 Å². The number of sulfone groups is 2. The number of rotatable bonds is 8. The number of carbonyl (C=O) groups excluding carboxylic acids is 1. The second kappa shape index (κ2) is 9.01. The quantitative estimate of drug-likeness (QED) is 0.649. The van der Waals surface area contributed by atoms with E-state index in [4.69, 9.17) is 0 Å². The first-order valence-corrected chi connectivity index (χ1v) is 12.0. The molecule has 0 bridgehead atoms. The summed E-state index contributed by atoms with van der Waals surface area (Å²) in [4.78, 5) is 12.0. The van der Waals surface area contributed by atoms with Gasteiger partial charge in [0.2, 0.25) is 0 Å². The first-order chi connectivity index (χ1) is 12.7. The number of hydrogen-bond acceptors (Lipinski definition) is 5. The van der Waals surface area contributed by atoms with E-state index >= 15 is 0 Å². The Hall–Kier alpha value is -2.39. The molecular formula is C18H22N2O5S2. The highest BCUT2D eigenvalue weighted by Crippen LogP contribution is 2.15. The SMILES string of the molecule is CS(=O)(=O)c1cccc(NC(=O)NCCCS(=O)(=O)Cc2ccccc2)c1. The summed E-state index contributed by atoms with van der Waals surface area (Å²) in [5, 5.41) is 5.09. The van der Waals surface area contributed by atoms with Gasteiger partial charge in [-0.25, -0.2) is 21.6 Å². The standard InChI is InChI=1S/C18H22N2O5S2/c1-26(22,23)17-10-5-9-16(13-17)20-18(21)19-11-6-12-27(24,25)14-15-7-3-2-4-8-15/h2-5,7-10,13H,6,11-12,14H2,1H3,(H2,19,20,21). The van der Waals surface area contributed by atoms with Gasteiger partial charge in [-0.1, -0.05) is 36.4 Å². The molecule has 0 spiro atoms. The third-order valence-electron chi connectivity index (χ3n) is 3.67. The summed E-state index contributed by atoms with van der Waals surface area (Å²) in [6.45, 7) is 0.186. The lowest BCUT2D eigenvalue weighted by Gasteiger charge is -2.09. The Morgan fingerprint density at radius 3 is 2.33 bits per heavy atom. The summed E-state index contributed by atoms with van der Waals surface area (Å²) in [7, 11) is -6.61. The van der Waals surface area contributed by atoms with Crippen molar-refractivity contribution in [3.05, 3.63) is 60.2 Å². The minimum absolute atomic E-state index is 0.0294. The highest BCUT2D eigenvalue weighted by Gasteiger charge is 2.12. The van der Waals surface area contributed by atoms with Gasteiger partial charge >= 0.3 is 6.03 Å². The van der Waals surface area contributed by atoms with Gasteiger partial charge in [0.05, 0.1) is 16.4 Å². The molecule has 146 valence electrons. The van der Waals surface area contributed by atoms with Crippen LogP contribution in [0, 0.1) is 0 Å². The first kappa shape index (κ1) is 20.9. The molecule has 2 amide bonds. The van der Waals surface area contributed by atoms with Crippen molar-refractivity contribution < 1.29 is 21.6 Å². The second-order valence-corrected chi connectivity index (χ2v) is 10.3. The second-order valence-electron chi connectivity index (χ2n) is 6.11. The molecule has 9 heteroatoms. The lowest BCUT2D eigenvalue weighted by atomic mass is 10.2. The van der Waals surface area contributed by atoms with E-state index in [0.717, 1.165) is 11.8 Å². The molecule has 0 radical (unpaired) electrons. The largest absolute Gasteiger partial charge is 0.338 e. The molecule has 0 aliphatic rings. The number of anilines is 1. The van der Waals surface area contributed by atoms with E-state index < -0.39 is 25.7 Å². The Bertz CT molecular complexity index is 987. The van der Waals surface area contributed by atoms with Gasteiger partial charge in [-0.05, 0) is 30.2 Å². The zero-order valence-corrected chi connectivity index (χ0v) is 16.5. The maximum atomic E-state index is 12.1. The fraction of sp³-hybridized carbons (Fsp3) is 0.278. The van der Waals surface area contributed by atoms with Crippen LogP contribution in [0.25, 0.3) is 0 Å². The van der Waals surface area contributed by atoms with Gasteiger partial charge in [0.15, 0.2) is 19.7 Å². The zero-order chi connectivity index (χ0) is 19.9. The van der Waals surface area contributed by atoms with Gasteiger partial charge in [-0.2, -0.15) is 0 Å². The average Bonchev–Trinajstić information content (AvgIpc) is 2.59. The smallest absolute Gasteiger partial charge is 0.319 e. The summed E-state index contributed by atoms with van der Waals surface area (Å²) >= 11 is 0. The monoisotopic (exact) mass is 410 g/mol. The number of nitrogens with one attached hydrogen (secondary N) is 2. The highest BCUT2D eigenvalue weighted by atomic mass is 32.2. The predicted octanol–water partition coefficient (Wildman–Crippen LogP) is 2.22. The van der Waals surface area contributed by atoms with Crippen molar-refractivity contribution in [1.29, 1.82) is 0 Å². The molecule has 0 heterocycles. The van der Waals surface area contributed by atoms with Gasteiger partial charge in [0.25, 0.3) is 0 Å². The number of benzene rings is 2. The molecule has 0 aliphatic heterocycles. The zero-order valence-electron chi connectivity index (χ0n) is 14.9. The normalized spacial score (nSPS) is 11.7. The Morgan fingerprint density at radius 2 is 1.67 bits per heavy atom. The van der Waals surface area contributed by atoms with Crippen LogP contribution in [0.3, 0.4) is 0 Å². The summed E-state index contributed by atoms with van der Waals surface area (Å²) in [6.07, 6.45) is 1.37. The van der Waals surface area contributed by atoms with Gasteiger partial charge in [-0.15, -0.1) is 0 Å². The van der Waals surface area contributed by atoms with E-state index in [1.807, 2.05) is 6.07 Å². The molecular weight excluding hydrogens is 388 g/mol. The molecule has 0 aromatic heterocycles. The Kier molecular flexibility index (Phi) is 6.98. The molecule has 2 rings (SSSR count). The van der Waals surface area contributed by atoms with Crippen molar-refractivity contribution in [1.82, 2.24) is 5.32 Å².